The highest BCUT2D eigenvalue weighted by Crippen LogP contribution is 2.31. The third-order valence-corrected chi connectivity index (χ3v) is 7.44. The number of hydrogen-bond donors (Lipinski definition) is 1. The van der Waals surface area contributed by atoms with E-state index in [1.54, 1.807) is 13.0 Å². The molecule has 3 aromatic heterocycles. The summed E-state index contributed by atoms with van der Waals surface area (Å²) >= 11 is 0. The van der Waals surface area contributed by atoms with Gasteiger partial charge in [-0.2, -0.15) is 10.4 Å². The number of ketones is 1. The topological polar surface area (TPSA) is 162 Å². The molecule has 0 saturated carbocycles. The lowest BCUT2D eigenvalue weighted by atomic mass is 10.0. The number of fused-ring (bicyclic) bond motifs is 1. The van der Waals surface area contributed by atoms with E-state index in [1.165, 1.54) is 23.3 Å². The minimum Gasteiger partial charge on any atom is -0.374 e. The highest BCUT2D eigenvalue weighted by Gasteiger charge is 2.29. The fourth-order valence-corrected chi connectivity index (χ4v) is 5.26. The van der Waals surface area contributed by atoms with E-state index in [-0.39, 0.29) is 47.9 Å². The van der Waals surface area contributed by atoms with Gasteiger partial charge in [-0.1, -0.05) is 6.92 Å². The van der Waals surface area contributed by atoms with E-state index in [2.05, 4.69) is 20.1 Å². The maximum absolute atomic E-state index is 15.5. The van der Waals surface area contributed by atoms with Gasteiger partial charge in [-0.15, -0.1) is 0 Å². The molecule has 5 rings (SSSR count). The third kappa shape index (κ3) is 5.24. The van der Waals surface area contributed by atoms with Crippen molar-refractivity contribution in [3.63, 3.8) is 0 Å². The standard InChI is InChI=1S/C25H21F2N7O5S/c1-2-7-40(36,37)33-23-18(26)4-3-16(21(23)27)24(35)22-17-8-14(15-11-29-19(9-28)30-12-15)10-31-25(17)34(32-22)20-13-38-5-6-39-20/h3-4,8,10-12,20,33H,2,5-7,13H2,1H3. The molecule has 1 aromatic carbocycles. The van der Waals surface area contributed by atoms with Crippen molar-refractivity contribution >= 4 is 32.5 Å². The molecule has 0 radical (unpaired) electrons. The number of benzene rings is 1. The summed E-state index contributed by atoms with van der Waals surface area (Å²) in [4.78, 5) is 26.0. The van der Waals surface area contributed by atoms with Crippen LogP contribution in [-0.4, -0.2) is 64.5 Å². The van der Waals surface area contributed by atoms with Crippen molar-refractivity contribution in [1.29, 1.82) is 5.26 Å². The molecule has 1 aliphatic rings. The number of halogens is 2. The Balaban J connectivity index is 1.64. The SMILES string of the molecule is CCCS(=O)(=O)Nc1c(F)ccc(C(=O)c2nn(C3COCCO3)c3ncc(-c4cnc(C#N)nc4)cc23)c1F. The quantitative estimate of drug-likeness (QED) is 0.312. The summed E-state index contributed by atoms with van der Waals surface area (Å²) in [6.45, 7) is 2.35. The predicted octanol–water partition coefficient (Wildman–Crippen LogP) is 2.97. The minimum absolute atomic E-state index is 0.0342. The lowest BCUT2D eigenvalue weighted by molar-refractivity contribution is -0.125. The Labute approximate surface area is 226 Å². The van der Waals surface area contributed by atoms with Gasteiger partial charge >= 0.3 is 0 Å². The summed E-state index contributed by atoms with van der Waals surface area (Å²) in [5.41, 5.74) is -0.614. The van der Waals surface area contributed by atoms with Gasteiger partial charge in [-0.05, 0) is 24.6 Å². The zero-order chi connectivity index (χ0) is 28.4. The number of nitrogens with one attached hydrogen (secondary N) is 1. The van der Waals surface area contributed by atoms with Crippen LogP contribution in [0.5, 0.6) is 0 Å². The molecular formula is C25H21F2N7O5S. The van der Waals surface area contributed by atoms with Crippen LogP contribution < -0.4 is 4.72 Å². The van der Waals surface area contributed by atoms with Crippen LogP contribution >= 0.6 is 0 Å². The smallest absolute Gasteiger partial charge is 0.232 e. The van der Waals surface area contributed by atoms with Crippen molar-refractivity contribution in [2.75, 3.05) is 30.3 Å². The number of aromatic nitrogens is 5. The molecule has 40 heavy (non-hydrogen) atoms. The average Bonchev–Trinajstić information content (AvgIpc) is 3.34. The van der Waals surface area contributed by atoms with Crippen molar-refractivity contribution in [2.24, 2.45) is 0 Å². The molecule has 0 bridgehead atoms. The first-order valence-corrected chi connectivity index (χ1v) is 13.7. The Kier molecular flexibility index (Phi) is 7.48. The monoisotopic (exact) mass is 569 g/mol. The van der Waals surface area contributed by atoms with Crippen molar-refractivity contribution in [1.82, 2.24) is 24.7 Å². The first-order chi connectivity index (χ1) is 19.2. The Hall–Kier alpha value is -4.39. The van der Waals surface area contributed by atoms with Crippen LogP contribution in [0.15, 0.2) is 36.8 Å². The van der Waals surface area contributed by atoms with Gasteiger partial charge in [0.15, 0.2) is 17.7 Å². The minimum atomic E-state index is -4.06. The van der Waals surface area contributed by atoms with Crippen LogP contribution in [0.3, 0.4) is 0 Å². The van der Waals surface area contributed by atoms with Gasteiger partial charge in [-0.25, -0.2) is 36.8 Å². The maximum atomic E-state index is 15.5. The predicted molar refractivity (Wildman–Crippen MR) is 137 cm³/mol. The van der Waals surface area contributed by atoms with Crippen LogP contribution in [-0.2, 0) is 19.5 Å². The summed E-state index contributed by atoms with van der Waals surface area (Å²) in [6.07, 6.45) is 3.79. The first kappa shape index (κ1) is 27.2. The number of carbonyl (C=O) groups excluding carboxylic acids is 1. The summed E-state index contributed by atoms with van der Waals surface area (Å²) in [6, 6.07) is 5.11. The molecular weight excluding hydrogens is 548 g/mol. The largest absolute Gasteiger partial charge is 0.374 e. The van der Waals surface area contributed by atoms with E-state index in [0.29, 0.717) is 17.7 Å². The van der Waals surface area contributed by atoms with E-state index >= 15 is 4.39 Å². The third-order valence-electron chi connectivity index (χ3n) is 5.98. The highest BCUT2D eigenvalue weighted by atomic mass is 32.2. The summed E-state index contributed by atoms with van der Waals surface area (Å²) in [5, 5.41) is 13.6. The molecule has 1 saturated heterocycles. The first-order valence-electron chi connectivity index (χ1n) is 12.1. The van der Waals surface area contributed by atoms with Crippen LogP contribution in [0.4, 0.5) is 14.5 Å². The fourth-order valence-electron chi connectivity index (χ4n) is 4.13. The van der Waals surface area contributed by atoms with Gasteiger partial charge in [-0.3, -0.25) is 9.52 Å². The maximum Gasteiger partial charge on any atom is 0.232 e. The lowest BCUT2D eigenvalue weighted by Crippen LogP contribution is -2.27. The molecule has 15 heteroatoms. The number of carbonyl (C=O) groups is 1. The number of sulfonamides is 1. The average molecular weight is 570 g/mol. The molecule has 12 nitrogen and oxygen atoms in total. The van der Waals surface area contributed by atoms with Crippen molar-refractivity contribution in [3.05, 3.63) is 65.5 Å². The van der Waals surface area contributed by atoms with Gasteiger partial charge in [0.25, 0.3) is 0 Å². The Morgan fingerprint density at radius 1 is 1.18 bits per heavy atom. The molecule has 1 unspecified atom stereocenters. The zero-order valence-electron chi connectivity index (χ0n) is 21.0. The summed E-state index contributed by atoms with van der Waals surface area (Å²) < 4.78 is 68.8. The Bertz CT molecular complexity index is 1750. The Morgan fingerprint density at radius 2 is 1.93 bits per heavy atom. The van der Waals surface area contributed by atoms with Crippen molar-refractivity contribution in [2.45, 2.75) is 19.6 Å². The summed E-state index contributed by atoms with van der Waals surface area (Å²) in [5.74, 6) is -3.90. The van der Waals surface area contributed by atoms with Crippen LogP contribution in [0, 0.1) is 23.0 Å². The molecule has 4 aromatic rings. The molecule has 206 valence electrons. The summed E-state index contributed by atoms with van der Waals surface area (Å²) in [7, 11) is -4.06. The van der Waals surface area contributed by atoms with Gasteiger partial charge < -0.3 is 9.47 Å². The number of nitriles is 1. The number of anilines is 1. The van der Waals surface area contributed by atoms with Gasteiger partial charge in [0, 0.05) is 29.7 Å². The molecule has 0 aliphatic carbocycles. The van der Waals surface area contributed by atoms with Crippen LogP contribution in [0.1, 0.15) is 41.4 Å². The molecule has 4 heterocycles. The van der Waals surface area contributed by atoms with Gasteiger partial charge in [0.05, 0.1) is 36.5 Å². The second-order valence-electron chi connectivity index (χ2n) is 8.73. The number of ether oxygens (including phenoxy) is 2. The molecule has 1 N–H and O–H groups in total. The normalized spacial score (nSPS) is 15.6. The van der Waals surface area contributed by atoms with Crippen molar-refractivity contribution in [3.8, 4) is 17.2 Å². The molecule has 0 spiro atoms. The van der Waals surface area contributed by atoms with E-state index in [0.717, 1.165) is 12.1 Å². The number of rotatable bonds is 8. The molecule has 1 fully saturated rings. The second-order valence-corrected chi connectivity index (χ2v) is 10.6. The van der Waals surface area contributed by atoms with E-state index < -0.39 is 44.9 Å². The van der Waals surface area contributed by atoms with Crippen LogP contribution in [0.25, 0.3) is 22.2 Å². The number of hydrogen-bond acceptors (Lipinski definition) is 10. The number of pyridine rings is 1. The lowest BCUT2D eigenvalue weighted by Gasteiger charge is -2.23. The van der Waals surface area contributed by atoms with Crippen molar-refractivity contribution < 1.29 is 31.5 Å². The van der Waals surface area contributed by atoms with Gasteiger partial charge in [0.2, 0.25) is 21.6 Å². The van der Waals surface area contributed by atoms with Gasteiger partial charge in [0.1, 0.15) is 23.3 Å². The highest BCUT2D eigenvalue weighted by molar-refractivity contribution is 7.92. The van der Waals surface area contributed by atoms with Crippen LogP contribution in [0.2, 0.25) is 0 Å². The van der Waals surface area contributed by atoms with E-state index in [9.17, 15) is 17.6 Å². The number of nitrogens with zero attached hydrogens (tertiary/aromatic N) is 6. The fraction of sp³-hybridized carbons (Fsp3) is 0.280. The molecule has 1 atom stereocenters. The second kappa shape index (κ2) is 11.0. The van der Waals surface area contributed by atoms with E-state index in [4.69, 9.17) is 14.7 Å². The Morgan fingerprint density at radius 3 is 2.60 bits per heavy atom. The molecule has 1 aliphatic heterocycles. The molecule has 0 amide bonds. The van der Waals surface area contributed by atoms with E-state index in [1.807, 2.05) is 10.8 Å². The zero-order valence-corrected chi connectivity index (χ0v) is 21.8.